The van der Waals surface area contributed by atoms with E-state index in [0.717, 1.165) is 25.7 Å². The third kappa shape index (κ3) is 4.49. The number of carboxylic acids is 1. The van der Waals surface area contributed by atoms with Crippen molar-refractivity contribution in [1.29, 1.82) is 0 Å². The number of carbonyl (C=O) groups is 2. The Kier molecular flexibility index (Phi) is 6.28. The van der Waals surface area contributed by atoms with Crippen LogP contribution < -0.4 is 5.73 Å². The minimum absolute atomic E-state index is 0.00390. The number of amides is 1. The summed E-state index contributed by atoms with van der Waals surface area (Å²) in [6, 6.07) is 0.0344. The molecule has 0 spiro atoms. The number of nitrogens with zero attached hydrogens (tertiary/aromatic N) is 1. The van der Waals surface area contributed by atoms with Crippen LogP contribution in [-0.4, -0.2) is 41.0 Å². The molecular weight excluding hydrogens is 244 g/mol. The van der Waals surface area contributed by atoms with Gasteiger partial charge in [0.1, 0.15) is 0 Å². The van der Waals surface area contributed by atoms with E-state index < -0.39 is 5.97 Å². The van der Waals surface area contributed by atoms with E-state index in [1.54, 1.807) is 4.90 Å². The Morgan fingerprint density at radius 2 is 1.95 bits per heavy atom. The third-order valence-electron chi connectivity index (χ3n) is 4.00. The second-order valence-electron chi connectivity index (χ2n) is 5.66. The molecular formula is C14H26N2O3. The monoisotopic (exact) mass is 270 g/mol. The minimum atomic E-state index is -0.863. The molecule has 2 atom stereocenters. The lowest BCUT2D eigenvalue weighted by atomic mass is 9.78. The molecule has 0 aromatic rings. The Bertz CT molecular complexity index is 318. The van der Waals surface area contributed by atoms with Gasteiger partial charge in [-0.3, -0.25) is 9.59 Å². The van der Waals surface area contributed by atoms with Gasteiger partial charge in [-0.2, -0.15) is 0 Å². The second-order valence-corrected chi connectivity index (χ2v) is 5.66. The van der Waals surface area contributed by atoms with Crippen LogP contribution in [0.2, 0.25) is 0 Å². The zero-order valence-corrected chi connectivity index (χ0v) is 12.0. The predicted molar refractivity (Wildman–Crippen MR) is 73.6 cm³/mol. The highest BCUT2D eigenvalue weighted by Crippen LogP contribution is 2.31. The van der Waals surface area contributed by atoms with E-state index in [1.165, 1.54) is 0 Å². The Morgan fingerprint density at radius 1 is 1.32 bits per heavy atom. The lowest BCUT2D eigenvalue weighted by Crippen LogP contribution is -2.46. The highest BCUT2D eigenvalue weighted by Gasteiger charge is 2.33. The number of aliphatic carboxylic acids is 1. The predicted octanol–water partition coefficient (Wildman–Crippen LogP) is 1.46. The molecule has 0 aliphatic heterocycles. The average molecular weight is 270 g/mol. The molecule has 2 unspecified atom stereocenters. The molecule has 0 radical (unpaired) electrons. The molecule has 1 amide bonds. The first-order valence-corrected chi connectivity index (χ1v) is 7.19. The maximum Gasteiger partial charge on any atom is 0.305 e. The van der Waals surface area contributed by atoms with Gasteiger partial charge in [0.25, 0.3) is 0 Å². The fourth-order valence-electron chi connectivity index (χ4n) is 2.87. The summed E-state index contributed by atoms with van der Waals surface area (Å²) >= 11 is 0. The van der Waals surface area contributed by atoms with Gasteiger partial charge in [-0.05, 0) is 39.2 Å². The summed E-state index contributed by atoms with van der Waals surface area (Å²) in [6.45, 7) is 4.70. The molecule has 110 valence electrons. The van der Waals surface area contributed by atoms with Crippen molar-refractivity contribution in [2.24, 2.45) is 17.6 Å². The Morgan fingerprint density at radius 3 is 2.47 bits per heavy atom. The molecule has 3 N–H and O–H groups in total. The van der Waals surface area contributed by atoms with Crippen LogP contribution in [0.1, 0.15) is 46.0 Å². The van der Waals surface area contributed by atoms with E-state index in [2.05, 4.69) is 0 Å². The molecule has 0 saturated heterocycles. The van der Waals surface area contributed by atoms with Crippen LogP contribution in [0, 0.1) is 11.8 Å². The maximum atomic E-state index is 12.6. The fraction of sp³-hybridized carbons (Fsp3) is 0.857. The van der Waals surface area contributed by atoms with Crippen molar-refractivity contribution in [3.8, 4) is 0 Å². The molecule has 1 rings (SSSR count). The molecule has 19 heavy (non-hydrogen) atoms. The van der Waals surface area contributed by atoms with Crippen molar-refractivity contribution < 1.29 is 14.7 Å². The van der Waals surface area contributed by atoms with Crippen molar-refractivity contribution in [3.63, 3.8) is 0 Å². The van der Waals surface area contributed by atoms with Gasteiger partial charge in [0.15, 0.2) is 0 Å². The van der Waals surface area contributed by atoms with E-state index in [1.807, 2.05) is 13.8 Å². The molecule has 5 nitrogen and oxygen atoms in total. The van der Waals surface area contributed by atoms with Gasteiger partial charge >= 0.3 is 5.97 Å². The van der Waals surface area contributed by atoms with Crippen molar-refractivity contribution in [1.82, 2.24) is 4.90 Å². The van der Waals surface area contributed by atoms with Gasteiger partial charge in [0, 0.05) is 18.5 Å². The van der Waals surface area contributed by atoms with E-state index in [4.69, 9.17) is 10.8 Å². The average Bonchev–Trinajstić information content (AvgIpc) is 2.37. The van der Waals surface area contributed by atoms with Crippen LogP contribution in [0.4, 0.5) is 0 Å². The van der Waals surface area contributed by atoms with Crippen LogP contribution in [-0.2, 0) is 9.59 Å². The standard InChI is InChI=1S/C14H26N2O3/c1-10(2)16(8-7-13(17)18)14(19)12-6-4-3-5-11(12)9-15/h10-12H,3-9,15H2,1-2H3,(H,17,18). The summed E-state index contributed by atoms with van der Waals surface area (Å²) in [6.07, 6.45) is 4.11. The van der Waals surface area contributed by atoms with Crippen molar-refractivity contribution in [3.05, 3.63) is 0 Å². The quantitative estimate of drug-likeness (QED) is 0.765. The normalized spacial score (nSPS) is 23.4. The van der Waals surface area contributed by atoms with Gasteiger partial charge in [-0.15, -0.1) is 0 Å². The van der Waals surface area contributed by atoms with E-state index in [-0.39, 0.29) is 30.2 Å². The third-order valence-corrected chi connectivity index (χ3v) is 4.00. The first-order chi connectivity index (χ1) is 8.97. The van der Waals surface area contributed by atoms with Gasteiger partial charge in [-0.25, -0.2) is 0 Å². The maximum absolute atomic E-state index is 12.6. The summed E-state index contributed by atoms with van der Waals surface area (Å²) in [7, 11) is 0. The SMILES string of the molecule is CC(C)N(CCC(=O)O)C(=O)C1CCCCC1CN. The molecule has 1 aliphatic rings. The second kappa shape index (κ2) is 7.48. The van der Waals surface area contributed by atoms with Gasteiger partial charge in [-0.1, -0.05) is 12.8 Å². The first kappa shape index (κ1) is 16.0. The Balaban J connectivity index is 2.71. The van der Waals surface area contributed by atoms with Crippen molar-refractivity contribution in [2.45, 2.75) is 52.0 Å². The molecule has 5 heteroatoms. The molecule has 1 fully saturated rings. The van der Waals surface area contributed by atoms with E-state index in [9.17, 15) is 9.59 Å². The highest BCUT2D eigenvalue weighted by molar-refractivity contribution is 5.80. The van der Waals surface area contributed by atoms with E-state index >= 15 is 0 Å². The zero-order valence-electron chi connectivity index (χ0n) is 12.0. The molecule has 0 aromatic carbocycles. The number of nitrogens with two attached hydrogens (primary N) is 1. The fourth-order valence-corrected chi connectivity index (χ4v) is 2.87. The summed E-state index contributed by atoms with van der Waals surface area (Å²) in [5, 5.41) is 8.78. The van der Waals surface area contributed by atoms with E-state index in [0.29, 0.717) is 13.1 Å². The lowest BCUT2D eigenvalue weighted by Gasteiger charge is -2.36. The first-order valence-electron chi connectivity index (χ1n) is 7.19. The molecule has 1 saturated carbocycles. The Labute approximate surface area is 115 Å². The van der Waals surface area contributed by atoms with Crippen molar-refractivity contribution >= 4 is 11.9 Å². The van der Waals surface area contributed by atoms with Crippen LogP contribution in [0.3, 0.4) is 0 Å². The highest BCUT2D eigenvalue weighted by atomic mass is 16.4. The van der Waals surface area contributed by atoms with Crippen LogP contribution in [0.25, 0.3) is 0 Å². The number of rotatable bonds is 6. The smallest absolute Gasteiger partial charge is 0.305 e. The largest absolute Gasteiger partial charge is 0.481 e. The summed E-state index contributed by atoms with van der Waals surface area (Å²) in [5.41, 5.74) is 5.77. The van der Waals surface area contributed by atoms with Gasteiger partial charge in [0.05, 0.1) is 6.42 Å². The van der Waals surface area contributed by atoms with Crippen molar-refractivity contribution in [2.75, 3.05) is 13.1 Å². The lowest BCUT2D eigenvalue weighted by molar-refractivity contribution is -0.142. The topological polar surface area (TPSA) is 83.6 Å². The zero-order chi connectivity index (χ0) is 14.4. The van der Waals surface area contributed by atoms with Crippen LogP contribution >= 0.6 is 0 Å². The van der Waals surface area contributed by atoms with Gasteiger partial charge < -0.3 is 15.7 Å². The minimum Gasteiger partial charge on any atom is -0.481 e. The summed E-state index contributed by atoms with van der Waals surface area (Å²) < 4.78 is 0. The number of carbonyl (C=O) groups excluding carboxylic acids is 1. The summed E-state index contributed by atoms with van der Waals surface area (Å²) in [5.74, 6) is -0.536. The Hall–Kier alpha value is -1.10. The van der Waals surface area contributed by atoms with Gasteiger partial charge in [0.2, 0.25) is 5.91 Å². The molecule has 0 bridgehead atoms. The molecule has 0 aromatic heterocycles. The molecule has 1 aliphatic carbocycles. The van der Waals surface area contributed by atoms with Crippen LogP contribution in [0.15, 0.2) is 0 Å². The molecule has 0 heterocycles. The number of hydrogen-bond acceptors (Lipinski definition) is 3. The number of carboxylic acid groups (broad SMARTS) is 1. The summed E-state index contributed by atoms with van der Waals surface area (Å²) in [4.78, 5) is 25.0. The number of hydrogen-bond donors (Lipinski definition) is 2. The van der Waals surface area contributed by atoms with Crippen LogP contribution in [0.5, 0.6) is 0 Å².